The molecule has 0 bridgehead atoms. The van der Waals surface area contributed by atoms with Gasteiger partial charge in [-0.25, -0.2) is 4.79 Å². The third kappa shape index (κ3) is 2.70. The average Bonchev–Trinajstić information content (AvgIpc) is 2.49. The van der Waals surface area contributed by atoms with E-state index in [4.69, 9.17) is 0 Å². The molecule has 4 heteroatoms. The van der Waals surface area contributed by atoms with Gasteiger partial charge in [0.2, 0.25) is 0 Å². The maximum Gasteiger partial charge on any atom is 0.326 e. The number of carbonyl (C=O) groups excluding carboxylic acids is 1. The number of halogens is 1. The van der Waals surface area contributed by atoms with Gasteiger partial charge < -0.3 is 5.32 Å². The Morgan fingerprint density at radius 1 is 1.10 bits per heavy atom. The monoisotopic (exact) mass is 330 g/mol. The SMILES string of the molecule is O=C(Nc1ccc(Br)cc1)N1CCCc2ccccc21. The van der Waals surface area contributed by atoms with E-state index in [2.05, 4.69) is 27.3 Å². The molecule has 0 saturated heterocycles. The second kappa shape index (κ2) is 5.67. The third-order valence-electron chi connectivity index (χ3n) is 3.45. The molecule has 0 fully saturated rings. The summed E-state index contributed by atoms with van der Waals surface area (Å²) in [5, 5.41) is 2.95. The minimum atomic E-state index is -0.0699. The Balaban J connectivity index is 1.80. The molecule has 20 heavy (non-hydrogen) atoms. The fourth-order valence-corrected chi connectivity index (χ4v) is 2.73. The van der Waals surface area contributed by atoms with Crippen molar-refractivity contribution in [1.82, 2.24) is 0 Å². The Hall–Kier alpha value is -1.81. The van der Waals surface area contributed by atoms with Crippen LogP contribution in [-0.4, -0.2) is 12.6 Å². The average molecular weight is 331 g/mol. The zero-order chi connectivity index (χ0) is 13.9. The highest BCUT2D eigenvalue weighted by molar-refractivity contribution is 9.10. The van der Waals surface area contributed by atoms with Crippen LogP contribution in [-0.2, 0) is 6.42 Å². The molecule has 0 aliphatic carbocycles. The Labute approximate surface area is 126 Å². The van der Waals surface area contributed by atoms with Crippen LogP contribution in [0.1, 0.15) is 12.0 Å². The number of hydrogen-bond donors (Lipinski definition) is 1. The highest BCUT2D eigenvalue weighted by atomic mass is 79.9. The van der Waals surface area contributed by atoms with Crippen LogP contribution >= 0.6 is 15.9 Å². The molecule has 3 rings (SSSR count). The molecule has 1 aliphatic rings. The summed E-state index contributed by atoms with van der Waals surface area (Å²) in [7, 11) is 0. The first-order valence-corrected chi connectivity index (χ1v) is 7.45. The first-order valence-electron chi connectivity index (χ1n) is 6.66. The Kier molecular flexibility index (Phi) is 3.74. The van der Waals surface area contributed by atoms with E-state index in [1.54, 1.807) is 0 Å². The van der Waals surface area contributed by atoms with Gasteiger partial charge in [0, 0.05) is 22.4 Å². The first-order chi connectivity index (χ1) is 9.74. The van der Waals surface area contributed by atoms with Crippen LogP contribution in [0.25, 0.3) is 0 Å². The Morgan fingerprint density at radius 2 is 1.85 bits per heavy atom. The minimum Gasteiger partial charge on any atom is -0.308 e. The number of carbonyl (C=O) groups is 1. The van der Waals surface area contributed by atoms with Gasteiger partial charge in [-0.2, -0.15) is 0 Å². The van der Waals surface area contributed by atoms with Gasteiger partial charge in [-0.1, -0.05) is 34.1 Å². The van der Waals surface area contributed by atoms with E-state index in [0.717, 1.165) is 35.2 Å². The van der Waals surface area contributed by atoms with Crippen molar-refractivity contribution in [2.45, 2.75) is 12.8 Å². The summed E-state index contributed by atoms with van der Waals surface area (Å²) < 4.78 is 0.999. The van der Waals surface area contributed by atoms with E-state index >= 15 is 0 Å². The van der Waals surface area contributed by atoms with Crippen molar-refractivity contribution in [1.29, 1.82) is 0 Å². The summed E-state index contributed by atoms with van der Waals surface area (Å²) in [6.07, 6.45) is 2.04. The second-order valence-corrected chi connectivity index (χ2v) is 5.74. The number of anilines is 2. The molecule has 3 nitrogen and oxygen atoms in total. The first kappa shape index (κ1) is 13.2. The second-order valence-electron chi connectivity index (χ2n) is 4.82. The molecule has 2 amide bonds. The summed E-state index contributed by atoms with van der Waals surface area (Å²) >= 11 is 3.39. The van der Waals surface area contributed by atoms with Crippen LogP contribution in [0.2, 0.25) is 0 Å². The van der Waals surface area contributed by atoms with Crippen molar-refractivity contribution < 1.29 is 4.79 Å². The zero-order valence-corrected chi connectivity index (χ0v) is 12.6. The van der Waals surface area contributed by atoms with Crippen molar-refractivity contribution >= 4 is 33.3 Å². The predicted molar refractivity (Wildman–Crippen MR) is 85.3 cm³/mol. The molecular weight excluding hydrogens is 316 g/mol. The summed E-state index contributed by atoms with van der Waals surface area (Å²) in [6.45, 7) is 0.763. The summed E-state index contributed by atoms with van der Waals surface area (Å²) in [5.41, 5.74) is 3.07. The van der Waals surface area contributed by atoms with Gasteiger partial charge in [0.15, 0.2) is 0 Å². The quantitative estimate of drug-likeness (QED) is 0.823. The number of nitrogens with zero attached hydrogens (tertiary/aromatic N) is 1. The van der Waals surface area contributed by atoms with Crippen LogP contribution in [0.3, 0.4) is 0 Å². The lowest BCUT2D eigenvalue weighted by Crippen LogP contribution is -2.38. The van der Waals surface area contributed by atoms with Gasteiger partial charge in [0.05, 0.1) is 0 Å². The van der Waals surface area contributed by atoms with Crippen LogP contribution in [0, 0.1) is 0 Å². The molecular formula is C16H15BrN2O. The third-order valence-corrected chi connectivity index (χ3v) is 3.98. The Bertz CT molecular complexity index is 625. The fraction of sp³-hybridized carbons (Fsp3) is 0.188. The normalized spacial score (nSPS) is 13.8. The molecule has 0 radical (unpaired) electrons. The van der Waals surface area contributed by atoms with Crippen molar-refractivity contribution in [3.63, 3.8) is 0 Å². The largest absolute Gasteiger partial charge is 0.326 e. The van der Waals surface area contributed by atoms with Crippen molar-refractivity contribution in [2.75, 3.05) is 16.8 Å². The number of urea groups is 1. The number of nitrogens with one attached hydrogen (secondary N) is 1. The fourth-order valence-electron chi connectivity index (χ4n) is 2.47. The lowest BCUT2D eigenvalue weighted by molar-refractivity contribution is 0.256. The van der Waals surface area contributed by atoms with Crippen molar-refractivity contribution in [2.24, 2.45) is 0 Å². The summed E-state index contributed by atoms with van der Waals surface area (Å²) in [6, 6.07) is 15.6. The van der Waals surface area contributed by atoms with Gasteiger partial charge >= 0.3 is 6.03 Å². The number of amides is 2. The number of para-hydroxylation sites is 1. The number of fused-ring (bicyclic) bond motifs is 1. The van der Waals surface area contributed by atoms with Gasteiger partial charge in [-0.3, -0.25) is 4.90 Å². The van der Waals surface area contributed by atoms with Gasteiger partial charge in [0.1, 0.15) is 0 Å². The van der Waals surface area contributed by atoms with Crippen molar-refractivity contribution in [3.05, 3.63) is 58.6 Å². The summed E-state index contributed by atoms with van der Waals surface area (Å²) in [4.78, 5) is 14.2. The topological polar surface area (TPSA) is 32.3 Å². The number of benzene rings is 2. The molecule has 2 aromatic carbocycles. The molecule has 102 valence electrons. The standard InChI is InChI=1S/C16H15BrN2O/c17-13-7-9-14(10-8-13)18-16(20)19-11-3-5-12-4-1-2-6-15(12)19/h1-2,4,6-10H,3,5,11H2,(H,18,20). The van der Waals surface area contributed by atoms with E-state index in [1.807, 2.05) is 47.4 Å². The van der Waals surface area contributed by atoms with Crippen LogP contribution in [0.5, 0.6) is 0 Å². The van der Waals surface area contributed by atoms with E-state index in [1.165, 1.54) is 5.56 Å². The Morgan fingerprint density at radius 3 is 2.65 bits per heavy atom. The number of hydrogen-bond acceptors (Lipinski definition) is 1. The van der Waals surface area contributed by atoms with Crippen LogP contribution in [0.4, 0.5) is 16.2 Å². The maximum atomic E-state index is 12.4. The molecule has 1 heterocycles. The van der Waals surface area contributed by atoms with Crippen LogP contribution in [0.15, 0.2) is 53.0 Å². The highest BCUT2D eigenvalue weighted by Crippen LogP contribution is 2.27. The number of rotatable bonds is 1. The molecule has 0 saturated carbocycles. The zero-order valence-electron chi connectivity index (χ0n) is 11.0. The molecule has 0 atom stereocenters. The highest BCUT2D eigenvalue weighted by Gasteiger charge is 2.21. The van der Waals surface area contributed by atoms with E-state index in [9.17, 15) is 4.79 Å². The lowest BCUT2D eigenvalue weighted by atomic mass is 10.0. The van der Waals surface area contributed by atoms with E-state index in [-0.39, 0.29) is 6.03 Å². The molecule has 0 spiro atoms. The van der Waals surface area contributed by atoms with Crippen LogP contribution < -0.4 is 10.2 Å². The smallest absolute Gasteiger partial charge is 0.308 e. The molecule has 1 N–H and O–H groups in total. The lowest BCUT2D eigenvalue weighted by Gasteiger charge is -2.29. The maximum absolute atomic E-state index is 12.4. The summed E-state index contributed by atoms with van der Waals surface area (Å²) in [5.74, 6) is 0. The molecule has 0 aromatic heterocycles. The van der Waals surface area contributed by atoms with E-state index < -0.39 is 0 Å². The predicted octanol–water partition coefficient (Wildman–Crippen LogP) is 4.43. The van der Waals surface area contributed by atoms with Crippen molar-refractivity contribution in [3.8, 4) is 0 Å². The number of aryl methyl sites for hydroxylation is 1. The molecule has 2 aromatic rings. The minimum absolute atomic E-state index is 0.0699. The molecule has 0 unspecified atom stereocenters. The van der Waals surface area contributed by atoms with Gasteiger partial charge in [-0.05, 0) is 48.7 Å². The van der Waals surface area contributed by atoms with Gasteiger partial charge in [0.25, 0.3) is 0 Å². The van der Waals surface area contributed by atoms with Gasteiger partial charge in [-0.15, -0.1) is 0 Å². The molecule has 1 aliphatic heterocycles. The van der Waals surface area contributed by atoms with E-state index in [0.29, 0.717) is 0 Å².